The van der Waals surface area contributed by atoms with Crippen molar-refractivity contribution in [2.45, 2.75) is 13.5 Å². The molecular formula is C20H18N4O9S. The van der Waals surface area contributed by atoms with Crippen molar-refractivity contribution in [1.82, 2.24) is 4.57 Å². The Balaban J connectivity index is 2.22. The Bertz CT molecular complexity index is 1380. The molecule has 34 heavy (non-hydrogen) atoms. The number of ether oxygens (including phenoxy) is 3. The quantitative estimate of drug-likeness (QED) is 0.262. The van der Waals surface area contributed by atoms with Gasteiger partial charge in [0, 0.05) is 18.2 Å². The van der Waals surface area contributed by atoms with E-state index in [0.717, 1.165) is 23.5 Å². The predicted octanol–water partition coefficient (Wildman–Crippen LogP) is 2.84. The number of hydrogen-bond acceptors (Lipinski definition) is 10. The molecule has 0 radical (unpaired) electrons. The average molecular weight is 490 g/mol. The molecule has 178 valence electrons. The van der Waals surface area contributed by atoms with Crippen molar-refractivity contribution in [2.24, 2.45) is 4.99 Å². The van der Waals surface area contributed by atoms with Gasteiger partial charge in [-0.25, -0.2) is 0 Å². The minimum atomic E-state index is -0.980. The van der Waals surface area contributed by atoms with E-state index in [1.807, 2.05) is 0 Å². The van der Waals surface area contributed by atoms with Crippen LogP contribution in [0.1, 0.15) is 17.3 Å². The molecule has 0 unspecified atom stereocenters. The Labute approximate surface area is 195 Å². The summed E-state index contributed by atoms with van der Waals surface area (Å²) in [6.45, 7) is 1.42. The number of non-ortho nitro benzene ring substituents is 1. The summed E-state index contributed by atoms with van der Waals surface area (Å²) < 4.78 is 16.9. The summed E-state index contributed by atoms with van der Waals surface area (Å²) >= 11 is 0.908. The predicted molar refractivity (Wildman–Crippen MR) is 119 cm³/mol. The standard InChI is InChI=1S/C20H18N4O9S/c1-4-33-18(25)10-22-13-6-5-11(23(27)28)7-17(13)34-20(22)21-19(26)12-8-15(31-2)16(32-3)9-14(12)24(29)30/h5-9H,4,10H2,1-3H3. The molecule has 0 bridgehead atoms. The fourth-order valence-corrected chi connectivity index (χ4v) is 4.15. The second-order valence-electron chi connectivity index (χ2n) is 6.58. The van der Waals surface area contributed by atoms with E-state index in [4.69, 9.17) is 14.2 Å². The zero-order valence-electron chi connectivity index (χ0n) is 18.2. The van der Waals surface area contributed by atoms with Gasteiger partial charge in [-0.05, 0) is 13.0 Å². The smallest absolute Gasteiger partial charge is 0.326 e. The number of nitro groups is 2. The average Bonchev–Trinajstić information content (AvgIpc) is 3.13. The highest BCUT2D eigenvalue weighted by Crippen LogP contribution is 2.35. The monoisotopic (exact) mass is 490 g/mol. The van der Waals surface area contributed by atoms with E-state index in [-0.39, 0.29) is 40.7 Å². The van der Waals surface area contributed by atoms with E-state index in [1.165, 1.54) is 37.0 Å². The lowest BCUT2D eigenvalue weighted by molar-refractivity contribution is -0.385. The minimum Gasteiger partial charge on any atom is -0.493 e. The molecule has 0 spiro atoms. The molecule has 0 atom stereocenters. The van der Waals surface area contributed by atoms with Crippen molar-refractivity contribution in [1.29, 1.82) is 0 Å². The number of nitrogens with zero attached hydrogens (tertiary/aromatic N) is 4. The van der Waals surface area contributed by atoms with Crippen LogP contribution in [0, 0.1) is 20.2 Å². The van der Waals surface area contributed by atoms with Gasteiger partial charge in [-0.15, -0.1) is 0 Å². The summed E-state index contributed by atoms with van der Waals surface area (Å²) in [5.41, 5.74) is -0.712. The van der Waals surface area contributed by atoms with Gasteiger partial charge in [0.25, 0.3) is 17.3 Å². The SMILES string of the molecule is CCOC(=O)Cn1c(=NC(=O)c2cc(OC)c(OC)cc2[N+](=O)[O-])sc2cc([N+](=O)[O-])ccc21. The molecule has 0 saturated heterocycles. The molecule has 3 aromatic rings. The molecule has 0 saturated carbocycles. The normalized spacial score (nSPS) is 11.3. The van der Waals surface area contributed by atoms with Crippen molar-refractivity contribution in [3.63, 3.8) is 0 Å². The molecule has 0 aliphatic heterocycles. The summed E-state index contributed by atoms with van der Waals surface area (Å²) in [7, 11) is 2.60. The second kappa shape index (κ2) is 10.1. The van der Waals surface area contributed by atoms with Gasteiger partial charge in [0.2, 0.25) is 0 Å². The van der Waals surface area contributed by atoms with Gasteiger partial charge in [-0.2, -0.15) is 4.99 Å². The van der Waals surface area contributed by atoms with E-state index < -0.39 is 27.4 Å². The van der Waals surface area contributed by atoms with E-state index in [0.29, 0.717) is 10.2 Å². The number of carbonyl (C=O) groups is 2. The molecule has 1 heterocycles. The highest BCUT2D eigenvalue weighted by atomic mass is 32.1. The Morgan fingerprint density at radius 3 is 2.32 bits per heavy atom. The fraction of sp³-hybridized carbons (Fsp3) is 0.250. The minimum absolute atomic E-state index is 0.00219. The van der Waals surface area contributed by atoms with Gasteiger partial charge in [0.1, 0.15) is 12.1 Å². The number of esters is 1. The van der Waals surface area contributed by atoms with Gasteiger partial charge in [0.05, 0.1) is 47.0 Å². The third-order valence-electron chi connectivity index (χ3n) is 4.60. The largest absolute Gasteiger partial charge is 0.493 e. The molecular weight excluding hydrogens is 472 g/mol. The maximum atomic E-state index is 13.0. The van der Waals surface area contributed by atoms with Crippen LogP contribution in [-0.2, 0) is 16.1 Å². The number of carbonyl (C=O) groups excluding carboxylic acids is 2. The molecule has 13 nitrogen and oxygen atoms in total. The van der Waals surface area contributed by atoms with E-state index in [2.05, 4.69) is 4.99 Å². The van der Waals surface area contributed by atoms with Crippen LogP contribution < -0.4 is 14.3 Å². The zero-order chi connectivity index (χ0) is 25.0. The third kappa shape index (κ3) is 4.85. The third-order valence-corrected chi connectivity index (χ3v) is 5.64. The van der Waals surface area contributed by atoms with Crippen molar-refractivity contribution in [3.8, 4) is 11.5 Å². The van der Waals surface area contributed by atoms with Gasteiger partial charge < -0.3 is 18.8 Å². The van der Waals surface area contributed by atoms with Crippen molar-refractivity contribution in [2.75, 3.05) is 20.8 Å². The number of benzene rings is 2. The lowest BCUT2D eigenvalue weighted by Gasteiger charge is -2.09. The van der Waals surface area contributed by atoms with E-state index in [9.17, 15) is 29.8 Å². The second-order valence-corrected chi connectivity index (χ2v) is 7.59. The summed E-state index contributed by atoms with van der Waals surface area (Å²) in [6, 6.07) is 6.14. The van der Waals surface area contributed by atoms with Crippen LogP contribution in [0.4, 0.5) is 11.4 Å². The van der Waals surface area contributed by atoms with Crippen LogP contribution in [-0.4, -0.2) is 47.1 Å². The topological polar surface area (TPSA) is 165 Å². The first kappa shape index (κ1) is 24.3. The van der Waals surface area contributed by atoms with Crippen LogP contribution in [0.3, 0.4) is 0 Å². The number of aromatic nitrogens is 1. The van der Waals surface area contributed by atoms with Crippen molar-refractivity contribution < 1.29 is 33.6 Å². The van der Waals surface area contributed by atoms with Crippen LogP contribution in [0.25, 0.3) is 10.2 Å². The Hall–Kier alpha value is -4.33. The molecule has 0 N–H and O–H groups in total. The first-order valence-electron chi connectivity index (χ1n) is 9.63. The summed E-state index contributed by atoms with van der Waals surface area (Å²) in [6.07, 6.45) is 0. The number of rotatable bonds is 8. The van der Waals surface area contributed by atoms with Crippen molar-refractivity contribution in [3.05, 3.63) is 60.9 Å². The van der Waals surface area contributed by atoms with E-state index >= 15 is 0 Å². The number of methoxy groups -OCH3 is 2. The summed E-state index contributed by atoms with van der Waals surface area (Å²) in [4.78, 5) is 50.5. The maximum absolute atomic E-state index is 13.0. The lowest BCUT2D eigenvalue weighted by Crippen LogP contribution is -2.23. The number of fused-ring (bicyclic) bond motifs is 1. The molecule has 1 aromatic heterocycles. The zero-order valence-corrected chi connectivity index (χ0v) is 19.0. The van der Waals surface area contributed by atoms with Gasteiger partial charge in [0.15, 0.2) is 16.3 Å². The first-order chi connectivity index (χ1) is 16.2. The molecule has 1 amide bonds. The fourth-order valence-electron chi connectivity index (χ4n) is 3.09. The molecule has 14 heteroatoms. The number of hydrogen-bond donors (Lipinski definition) is 0. The lowest BCUT2D eigenvalue weighted by atomic mass is 10.1. The number of thiazole rings is 1. The summed E-state index contributed by atoms with van der Waals surface area (Å²) in [5, 5.41) is 22.7. The molecule has 3 rings (SSSR count). The highest BCUT2D eigenvalue weighted by Gasteiger charge is 2.25. The highest BCUT2D eigenvalue weighted by molar-refractivity contribution is 7.16. The maximum Gasteiger partial charge on any atom is 0.326 e. The van der Waals surface area contributed by atoms with Crippen LogP contribution in [0.2, 0.25) is 0 Å². The van der Waals surface area contributed by atoms with Crippen LogP contribution in [0.5, 0.6) is 11.5 Å². The first-order valence-corrected chi connectivity index (χ1v) is 10.4. The van der Waals surface area contributed by atoms with Crippen LogP contribution >= 0.6 is 11.3 Å². The van der Waals surface area contributed by atoms with Gasteiger partial charge in [-0.3, -0.25) is 29.8 Å². The Morgan fingerprint density at radius 1 is 1.06 bits per heavy atom. The molecule has 2 aromatic carbocycles. The number of amides is 1. The Kier molecular flexibility index (Phi) is 7.21. The summed E-state index contributed by atoms with van der Waals surface area (Å²) in [5.74, 6) is -1.46. The van der Waals surface area contributed by atoms with E-state index in [1.54, 1.807) is 6.92 Å². The molecule has 0 fully saturated rings. The van der Waals surface area contributed by atoms with Crippen LogP contribution in [0.15, 0.2) is 35.3 Å². The molecule has 0 aliphatic rings. The molecule has 0 aliphatic carbocycles. The van der Waals surface area contributed by atoms with Crippen molar-refractivity contribution >= 4 is 44.8 Å². The van der Waals surface area contributed by atoms with Gasteiger partial charge >= 0.3 is 5.97 Å². The number of nitro benzene ring substituents is 2. The Morgan fingerprint density at radius 2 is 1.74 bits per heavy atom. The van der Waals surface area contributed by atoms with Gasteiger partial charge in [-0.1, -0.05) is 11.3 Å².